The number of hydrogen-bond acceptors (Lipinski definition) is 3. The van der Waals surface area contributed by atoms with E-state index in [4.69, 9.17) is 9.84 Å². The molecule has 0 aromatic heterocycles. The maximum Gasteiger partial charge on any atom is 0.320 e. The molecule has 1 heterocycles. The van der Waals surface area contributed by atoms with Crippen molar-refractivity contribution < 1.29 is 14.6 Å². The van der Waals surface area contributed by atoms with E-state index in [9.17, 15) is 4.79 Å². The molecule has 0 saturated carbocycles. The Morgan fingerprint density at radius 1 is 1.25 bits per heavy atom. The van der Waals surface area contributed by atoms with Gasteiger partial charge in [-0.1, -0.05) is 18.2 Å². The van der Waals surface area contributed by atoms with E-state index in [1.165, 1.54) is 0 Å². The number of ether oxygens (including phenoxy) is 1. The van der Waals surface area contributed by atoms with Crippen LogP contribution < -0.4 is 4.74 Å². The molecule has 4 nitrogen and oxygen atoms in total. The standard InChI is InChI=1S/C16H23NO3/c18-16(19)15-10-7-12-17(15)11-5-2-6-13-20-14-8-3-1-4-9-14/h1,3-4,8-9,15H,2,5-7,10-13H2,(H,18,19)/t15-/m0/s1. The number of para-hydroxylation sites is 1. The third-order valence-electron chi connectivity index (χ3n) is 3.75. The van der Waals surface area contributed by atoms with Gasteiger partial charge in [0.25, 0.3) is 0 Å². The topological polar surface area (TPSA) is 49.8 Å². The number of carboxylic acid groups (broad SMARTS) is 1. The number of likely N-dealkylation sites (tertiary alicyclic amines) is 1. The molecule has 110 valence electrons. The summed E-state index contributed by atoms with van der Waals surface area (Å²) in [5.74, 6) is 0.243. The third-order valence-corrected chi connectivity index (χ3v) is 3.75. The van der Waals surface area contributed by atoms with E-state index in [2.05, 4.69) is 4.90 Å². The van der Waals surface area contributed by atoms with Gasteiger partial charge in [0.2, 0.25) is 0 Å². The van der Waals surface area contributed by atoms with Crippen LogP contribution >= 0.6 is 0 Å². The highest BCUT2D eigenvalue weighted by molar-refractivity contribution is 5.73. The Labute approximate surface area is 120 Å². The van der Waals surface area contributed by atoms with Crippen molar-refractivity contribution in [3.63, 3.8) is 0 Å². The van der Waals surface area contributed by atoms with Crippen molar-refractivity contribution in [2.24, 2.45) is 0 Å². The number of carbonyl (C=O) groups is 1. The van der Waals surface area contributed by atoms with E-state index >= 15 is 0 Å². The van der Waals surface area contributed by atoms with E-state index in [-0.39, 0.29) is 6.04 Å². The molecule has 1 fully saturated rings. The van der Waals surface area contributed by atoms with Crippen molar-refractivity contribution in [3.8, 4) is 5.75 Å². The average molecular weight is 277 g/mol. The van der Waals surface area contributed by atoms with Crippen LogP contribution in [0.3, 0.4) is 0 Å². The molecule has 1 aromatic rings. The maximum absolute atomic E-state index is 11.0. The van der Waals surface area contributed by atoms with Crippen LogP contribution in [0.4, 0.5) is 0 Å². The number of hydrogen-bond donors (Lipinski definition) is 1. The summed E-state index contributed by atoms with van der Waals surface area (Å²) < 4.78 is 5.63. The third kappa shape index (κ3) is 4.53. The van der Waals surface area contributed by atoms with Gasteiger partial charge in [-0.25, -0.2) is 0 Å². The zero-order valence-corrected chi connectivity index (χ0v) is 11.8. The van der Waals surface area contributed by atoms with Gasteiger partial charge in [-0.05, 0) is 57.3 Å². The highest BCUT2D eigenvalue weighted by Crippen LogP contribution is 2.18. The number of carboxylic acids is 1. The summed E-state index contributed by atoms with van der Waals surface area (Å²) in [5, 5.41) is 9.09. The number of nitrogens with zero attached hydrogens (tertiary/aromatic N) is 1. The Morgan fingerprint density at radius 2 is 2.05 bits per heavy atom. The first-order valence-corrected chi connectivity index (χ1v) is 7.42. The van der Waals surface area contributed by atoms with Gasteiger partial charge in [-0.2, -0.15) is 0 Å². The lowest BCUT2D eigenvalue weighted by molar-refractivity contribution is -0.142. The van der Waals surface area contributed by atoms with Crippen molar-refractivity contribution in [2.75, 3.05) is 19.7 Å². The maximum atomic E-state index is 11.0. The van der Waals surface area contributed by atoms with Crippen molar-refractivity contribution in [1.82, 2.24) is 4.90 Å². The van der Waals surface area contributed by atoms with Gasteiger partial charge in [0, 0.05) is 0 Å². The summed E-state index contributed by atoms with van der Waals surface area (Å²) in [7, 11) is 0. The van der Waals surface area contributed by atoms with Gasteiger partial charge in [-0.15, -0.1) is 0 Å². The van der Waals surface area contributed by atoms with Crippen LogP contribution in [-0.2, 0) is 4.79 Å². The Morgan fingerprint density at radius 3 is 2.80 bits per heavy atom. The van der Waals surface area contributed by atoms with E-state index in [0.29, 0.717) is 0 Å². The SMILES string of the molecule is O=C(O)[C@@H]1CCCN1CCCCCOc1ccccc1. The Hall–Kier alpha value is -1.55. The van der Waals surface area contributed by atoms with Crippen LogP contribution in [-0.4, -0.2) is 41.7 Å². The number of rotatable bonds is 8. The first-order valence-electron chi connectivity index (χ1n) is 7.42. The minimum atomic E-state index is -0.671. The second kappa shape index (κ2) is 7.90. The molecular formula is C16H23NO3. The quantitative estimate of drug-likeness (QED) is 0.742. The van der Waals surface area contributed by atoms with Crippen LogP contribution in [0.1, 0.15) is 32.1 Å². The zero-order valence-electron chi connectivity index (χ0n) is 11.8. The highest BCUT2D eigenvalue weighted by atomic mass is 16.5. The fraction of sp³-hybridized carbons (Fsp3) is 0.562. The van der Waals surface area contributed by atoms with Gasteiger partial charge < -0.3 is 9.84 Å². The first kappa shape index (κ1) is 14.9. The van der Waals surface area contributed by atoms with Crippen molar-refractivity contribution in [1.29, 1.82) is 0 Å². The summed E-state index contributed by atoms with van der Waals surface area (Å²) in [5.41, 5.74) is 0. The molecule has 2 rings (SSSR count). The van der Waals surface area contributed by atoms with Crippen LogP contribution in [0.25, 0.3) is 0 Å². The summed E-state index contributed by atoms with van der Waals surface area (Å²) in [6.45, 7) is 2.55. The van der Waals surface area contributed by atoms with Crippen LogP contribution in [0.15, 0.2) is 30.3 Å². The lowest BCUT2D eigenvalue weighted by Crippen LogP contribution is -2.36. The molecule has 1 aliphatic heterocycles. The summed E-state index contributed by atoms with van der Waals surface area (Å²) in [4.78, 5) is 13.1. The molecule has 0 unspecified atom stereocenters. The second-order valence-electron chi connectivity index (χ2n) is 5.25. The molecule has 0 aliphatic carbocycles. The van der Waals surface area contributed by atoms with Gasteiger partial charge in [0.15, 0.2) is 0 Å². The second-order valence-corrected chi connectivity index (χ2v) is 5.25. The summed E-state index contributed by atoms with van der Waals surface area (Å²) in [6, 6.07) is 9.57. The van der Waals surface area contributed by atoms with Gasteiger partial charge in [0.1, 0.15) is 11.8 Å². The molecule has 0 spiro atoms. The minimum absolute atomic E-state index is 0.254. The first-order chi connectivity index (χ1) is 9.77. The minimum Gasteiger partial charge on any atom is -0.494 e. The number of benzene rings is 1. The lowest BCUT2D eigenvalue weighted by atomic mass is 10.2. The van der Waals surface area contributed by atoms with Crippen molar-refractivity contribution in [3.05, 3.63) is 30.3 Å². The van der Waals surface area contributed by atoms with Crippen LogP contribution in [0.5, 0.6) is 5.75 Å². The fourth-order valence-corrected chi connectivity index (χ4v) is 2.67. The number of aliphatic carboxylic acids is 1. The molecule has 0 bridgehead atoms. The molecule has 0 radical (unpaired) electrons. The number of unbranched alkanes of at least 4 members (excludes halogenated alkanes) is 2. The van der Waals surface area contributed by atoms with E-state index in [1.807, 2.05) is 30.3 Å². The molecular weight excluding hydrogens is 254 g/mol. The van der Waals surface area contributed by atoms with Gasteiger partial charge >= 0.3 is 5.97 Å². The van der Waals surface area contributed by atoms with Crippen molar-refractivity contribution >= 4 is 5.97 Å². The highest BCUT2D eigenvalue weighted by Gasteiger charge is 2.29. The van der Waals surface area contributed by atoms with Crippen molar-refractivity contribution in [2.45, 2.75) is 38.1 Å². The molecule has 1 N–H and O–H groups in total. The normalized spacial score (nSPS) is 19.1. The predicted molar refractivity (Wildman–Crippen MR) is 78.0 cm³/mol. The molecule has 1 aliphatic rings. The Balaban J connectivity index is 1.54. The smallest absolute Gasteiger partial charge is 0.320 e. The lowest BCUT2D eigenvalue weighted by Gasteiger charge is -2.20. The van der Waals surface area contributed by atoms with E-state index < -0.39 is 5.97 Å². The monoisotopic (exact) mass is 277 g/mol. The summed E-state index contributed by atoms with van der Waals surface area (Å²) >= 11 is 0. The largest absolute Gasteiger partial charge is 0.494 e. The van der Waals surface area contributed by atoms with Crippen LogP contribution in [0.2, 0.25) is 0 Å². The molecule has 1 aromatic carbocycles. The summed E-state index contributed by atoms with van der Waals surface area (Å²) in [6.07, 6.45) is 4.94. The predicted octanol–water partition coefficient (Wildman–Crippen LogP) is 2.78. The average Bonchev–Trinajstić information content (AvgIpc) is 2.92. The Bertz CT molecular complexity index is 407. The molecule has 1 atom stereocenters. The van der Waals surface area contributed by atoms with Gasteiger partial charge in [0.05, 0.1) is 6.61 Å². The van der Waals surface area contributed by atoms with Crippen LogP contribution in [0, 0.1) is 0 Å². The van der Waals surface area contributed by atoms with E-state index in [0.717, 1.165) is 57.6 Å². The molecule has 4 heteroatoms. The fourth-order valence-electron chi connectivity index (χ4n) is 2.67. The molecule has 20 heavy (non-hydrogen) atoms. The molecule has 1 saturated heterocycles. The van der Waals surface area contributed by atoms with E-state index in [1.54, 1.807) is 0 Å². The Kier molecular flexibility index (Phi) is 5.87. The zero-order chi connectivity index (χ0) is 14.2. The molecule has 0 amide bonds. The van der Waals surface area contributed by atoms with Gasteiger partial charge in [-0.3, -0.25) is 9.69 Å².